The molecule has 0 saturated heterocycles. The number of carbonyl (C=O) groups is 1. The minimum atomic E-state index is -0.427. The first kappa shape index (κ1) is 23.0. The predicted octanol–water partition coefficient (Wildman–Crippen LogP) is 6.19. The van der Waals surface area contributed by atoms with Gasteiger partial charge in [-0.2, -0.15) is 0 Å². The molecule has 1 N–H and O–H groups in total. The van der Waals surface area contributed by atoms with Crippen LogP contribution in [0.15, 0.2) is 57.1 Å². The molecule has 0 bridgehead atoms. The van der Waals surface area contributed by atoms with Gasteiger partial charge in [0.2, 0.25) is 11.2 Å². The molecule has 0 atom stereocenters. The molecule has 0 unspecified atom stereocenters. The first-order chi connectivity index (χ1) is 15.6. The number of halogens is 1. The minimum absolute atomic E-state index is 0.0227. The number of aryl methyl sites for hydroxylation is 1. The van der Waals surface area contributed by atoms with Crippen LogP contribution in [0, 0.1) is 6.92 Å². The van der Waals surface area contributed by atoms with E-state index in [0.717, 1.165) is 11.3 Å². The van der Waals surface area contributed by atoms with E-state index in [1.165, 1.54) is 17.4 Å². The average molecular weight is 483 g/mol. The standard InChI is InChI=1S/C25H23ClN2O4S/c1-14-13-33-24(27-14)28-20(29)12-31-23-21(30)18-11-17(26)9-10-19(18)32-22(23)15-5-7-16(8-6-15)25(2,3)4/h5-11,13H,12H2,1-4H3,(H,27,28,29). The number of amides is 1. The van der Waals surface area contributed by atoms with Crippen molar-refractivity contribution in [3.05, 3.63) is 74.3 Å². The molecule has 0 spiro atoms. The zero-order valence-corrected chi connectivity index (χ0v) is 20.3. The van der Waals surface area contributed by atoms with E-state index in [2.05, 4.69) is 31.1 Å². The van der Waals surface area contributed by atoms with Crippen molar-refractivity contribution in [3.63, 3.8) is 0 Å². The summed E-state index contributed by atoms with van der Waals surface area (Å²) >= 11 is 7.40. The Morgan fingerprint density at radius 1 is 1.18 bits per heavy atom. The van der Waals surface area contributed by atoms with Gasteiger partial charge in [-0.3, -0.25) is 14.9 Å². The molecule has 4 aromatic rings. The van der Waals surface area contributed by atoms with Gasteiger partial charge in [-0.25, -0.2) is 4.98 Å². The third kappa shape index (κ3) is 5.10. The van der Waals surface area contributed by atoms with Crippen molar-refractivity contribution in [2.75, 3.05) is 11.9 Å². The smallest absolute Gasteiger partial charge is 0.264 e. The van der Waals surface area contributed by atoms with Gasteiger partial charge >= 0.3 is 0 Å². The predicted molar refractivity (Wildman–Crippen MR) is 133 cm³/mol. The van der Waals surface area contributed by atoms with E-state index < -0.39 is 11.3 Å². The number of thiazole rings is 1. The van der Waals surface area contributed by atoms with Crippen molar-refractivity contribution in [3.8, 4) is 17.1 Å². The van der Waals surface area contributed by atoms with E-state index >= 15 is 0 Å². The summed E-state index contributed by atoms with van der Waals surface area (Å²) in [5, 5.41) is 5.66. The maximum Gasteiger partial charge on any atom is 0.264 e. The summed E-state index contributed by atoms with van der Waals surface area (Å²) in [4.78, 5) is 29.9. The van der Waals surface area contributed by atoms with Gasteiger partial charge in [-0.15, -0.1) is 11.3 Å². The lowest BCUT2D eigenvalue weighted by atomic mass is 9.86. The molecule has 0 saturated carbocycles. The molecule has 0 fully saturated rings. The Hall–Kier alpha value is -3.16. The summed E-state index contributed by atoms with van der Waals surface area (Å²) in [5.74, 6) is -0.212. The number of nitrogens with zero attached hydrogens (tertiary/aromatic N) is 1. The molecular formula is C25H23ClN2O4S. The lowest BCUT2D eigenvalue weighted by molar-refractivity contribution is -0.118. The Balaban J connectivity index is 1.72. The number of nitrogens with one attached hydrogen (secondary N) is 1. The van der Waals surface area contributed by atoms with Gasteiger partial charge in [-0.1, -0.05) is 56.6 Å². The van der Waals surface area contributed by atoms with E-state index in [4.69, 9.17) is 20.8 Å². The second-order valence-corrected chi connectivity index (χ2v) is 9.98. The number of ether oxygens (including phenoxy) is 1. The number of anilines is 1. The van der Waals surface area contributed by atoms with Crippen molar-refractivity contribution in [1.82, 2.24) is 4.98 Å². The van der Waals surface area contributed by atoms with Crippen LogP contribution in [0.3, 0.4) is 0 Å². The number of hydrogen-bond donors (Lipinski definition) is 1. The van der Waals surface area contributed by atoms with Crippen LogP contribution < -0.4 is 15.5 Å². The Labute approximate surface area is 200 Å². The number of fused-ring (bicyclic) bond motifs is 1. The van der Waals surface area contributed by atoms with Crippen molar-refractivity contribution in [1.29, 1.82) is 0 Å². The van der Waals surface area contributed by atoms with Crippen molar-refractivity contribution < 1.29 is 13.9 Å². The quantitative estimate of drug-likeness (QED) is 0.366. The highest BCUT2D eigenvalue weighted by molar-refractivity contribution is 7.13. The molecule has 170 valence electrons. The number of benzene rings is 2. The summed E-state index contributed by atoms with van der Waals surface area (Å²) in [6, 6.07) is 12.6. The fraction of sp³-hybridized carbons (Fsp3) is 0.240. The monoisotopic (exact) mass is 482 g/mol. The molecule has 0 aliphatic carbocycles. The summed E-state index contributed by atoms with van der Waals surface area (Å²) in [5.41, 5.74) is 2.58. The van der Waals surface area contributed by atoms with Crippen LogP contribution in [0.4, 0.5) is 5.13 Å². The van der Waals surface area contributed by atoms with Gasteiger partial charge in [0, 0.05) is 16.0 Å². The highest BCUT2D eigenvalue weighted by Gasteiger charge is 2.21. The molecule has 8 heteroatoms. The maximum atomic E-state index is 13.3. The average Bonchev–Trinajstić information content (AvgIpc) is 3.17. The Morgan fingerprint density at radius 2 is 1.91 bits per heavy atom. The minimum Gasteiger partial charge on any atom is -0.476 e. The summed E-state index contributed by atoms with van der Waals surface area (Å²) in [6.45, 7) is 7.84. The Bertz CT molecular complexity index is 1380. The summed E-state index contributed by atoms with van der Waals surface area (Å²) < 4.78 is 11.8. The lowest BCUT2D eigenvalue weighted by Crippen LogP contribution is -2.22. The molecule has 1 amide bonds. The number of carbonyl (C=O) groups excluding carboxylic acids is 1. The third-order valence-electron chi connectivity index (χ3n) is 5.04. The maximum absolute atomic E-state index is 13.3. The highest BCUT2D eigenvalue weighted by Crippen LogP contribution is 2.33. The van der Waals surface area contributed by atoms with E-state index in [0.29, 0.717) is 21.3 Å². The van der Waals surface area contributed by atoms with Crippen molar-refractivity contribution >= 4 is 44.9 Å². The SMILES string of the molecule is Cc1csc(NC(=O)COc2c(-c3ccc(C(C)(C)C)cc3)oc3ccc(Cl)cc3c2=O)n1. The molecule has 0 aliphatic heterocycles. The second-order valence-electron chi connectivity index (χ2n) is 8.69. The van der Waals surface area contributed by atoms with Gasteiger partial charge in [0.1, 0.15) is 5.58 Å². The number of rotatable bonds is 5. The van der Waals surface area contributed by atoms with Gasteiger partial charge < -0.3 is 9.15 Å². The van der Waals surface area contributed by atoms with Crippen LogP contribution in [0.1, 0.15) is 32.0 Å². The largest absolute Gasteiger partial charge is 0.476 e. The topological polar surface area (TPSA) is 81.4 Å². The molecule has 2 heterocycles. The van der Waals surface area contributed by atoms with Crippen molar-refractivity contribution in [2.45, 2.75) is 33.1 Å². The molecule has 6 nitrogen and oxygen atoms in total. The zero-order chi connectivity index (χ0) is 23.8. The normalized spacial score (nSPS) is 11.5. The van der Waals surface area contributed by atoms with Gasteiger partial charge in [-0.05, 0) is 36.1 Å². The number of aromatic nitrogens is 1. The van der Waals surface area contributed by atoms with Gasteiger partial charge in [0.15, 0.2) is 17.5 Å². The van der Waals surface area contributed by atoms with E-state index in [-0.39, 0.29) is 28.9 Å². The van der Waals surface area contributed by atoms with Crippen LogP contribution in [0.2, 0.25) is 5.02 Å². The summed E-state index contributed by atoms with van der Waals surface area (Å²) in [7, 11) is 0. The van der Waals surface area contributed by atoms with Crippen LogP contribution in [0.5, 0.6) is 5.75 Å². The lowest BCUT2D eigenvalue weighted by Gasteiger charge is -2.19. The molecule has 0 aliphatic rings. The number of hydrogen-bond acceptors (Lipinski definition) is 6. The molecule has 4 rings (SSSR count). The molecule has 0 radical (unpaired) electrons. The van der Waals surface area contributed by atoms with Gasteiger partial charge in [0.05, 0.1) is 11.1 Å². The third-order valence-corrected chi connectivity index (χ3v) is 6.15. The van der Waals surface area contributed by atoms with Gasteiger partial charge in [0.25, 0.3) is 5.91 Å². The fourth-order valence-corrected chi connectivity index (χ4v) is 4.17. The Morgan fingerprint density at radius 3 is 2.55 bits per heavy atom. The summed E-state index contributed by atoms with van der Waals surface area (Å²) in [6.07, 6.45) is 0. The highest BCUT2D eigenvalue weighted by atomic mass is 35.5. The van der Waals surface area contributed by atoms with Crippen LogP contribution in [0.25, 0.3) is 22.3 Å². The van der Waals surface area contributed by atoms with Crippen LogP contribution in [-0.4, -0.2) is 17.5 Å². The Kier molecular flexibility index (Phi) is 6.28. The van der Waals surface area contributed by atoms with Crippen LogP contribution in [-0.2, 0) is 10.2 Å². The molecule has 2 aromatic carbocycles. The first-order valence-electron chi connectivity index (χ1n) is 10.3. The second kappa shape index (κ2) is 9.00. The van der Waals surface area contributed by atoms with E-state index in [1.54, 1.807) is 12.1 Å². The zero-order valence-electron chi connectivity index (χ0n) is 18.7. The van der Waals surface area contributed by atoms with E-state index in [1.807, 2.05) is 36.6 Å². The molecular weight excluding hydrogens is 460 g/mol. The fourth-order valence-electron chi connectivity index (χ4n) is 3.30. The van der Waals surface area contributed by atoms with Crippen LogP contribution >= 0.6 is 22.9 Å². The molecule has 33 heavy (non-hydrogen) atoms. The first-order valence-corrected chi connectivity index (χ1v) is 11.6. The van der Waals surface area contributed by atoms with E-state index in [9.17, 15) is 9.59 Å². The van der Waals surface area contributed by atoms with Crippen molar-refractivity contribution in [2.24, 2.45) is 0 Å². The molecule has 2 aromatic heterocycles.